The summed E-state index contributed by atoms with van der Waals surface area (Å²) >= 11 is 7.97. The largest absolute Gasteiger partial charge is 0.341 e. The lowest BCUT2D eigenvalue weighted by Gasteiger charge is -2.27. The molecule has 0 radical (unpaired) electrons. The predicted molar refractivity (Wildman–Crippen MR) is 77.9 cm³/mol. The van der Waals surface area contributed by atoms with E-state index in [1.807, 2.05) is 11.8 Å². The van der Waals surface area contributed by atoms with Crippen molar-refractivity contribution in [3.05, 3.63) is 5.28 Å². The number of rotatable bonds is 4. The molecule has 7 heteroatoms. The van der Waals surface area contributed by atoms with Gasteiger partial charge in [-0.05, 0) is 25.4 Å². The van der Waals surface area contributed by atoms with Gasteiger partial charge in [0.2, 0.25) is 17.2 Å². The molecule has 1 saturated heterocycles. The fraction of sp³-hybridized carbons (Fsp3) is 0.727. The molecule has 0 N–H and O–H groups in total. The van der Waals surface area contributed by atoms with Crippen molar-refractivity contribution in [3.63, 3.8) is 0 Å². The van der Waals surface area contributed by atoms with Crippen LogP contribution in [0.1, 0.15) is 13.8 Å². The highest BCUT2D eigenvalue weighted by Gasteiger charge is 2.17. The van der Waals surface area contributed by atoms with E-state index in [2.05, 4.69) is 38.6 Å². The van der Waals surface area contributed by atoms with E-state index in [-0.39, 0.29) is 5.28 Å². The van der Waals surface area contributed by atoms with Crippen LogP contribution in [-0.4, -0.2) is 52.6 Å². The molecule has 0 bridgehead atoms. The van der Waals surface area contributed by atoms with Gasteiger partial charge in [-0.3, -0.25) is 0 Å². The monoisotopic (exact) mass is 287 g/mol. The Bertz CT molecular complexity index is 393. The number of nitrogens with zero attached hydrogens (tertiary/aromatic N) is 5. The zero-order valence-corrected chi connectivity index (χ0v) is 12.3. The average Bonchev–Trinajstić information content (AvgIpc) is 2.40. The highest BCUT2D eigenvalue weighted by molar-refractivity contribution is 7.99. The average molecular weight is 288 g/mol. The van der Waals surface area contributed by atoms with Crippen LogP contribution in [0, 0.1) is 0 Å². The van der Waals surface area contributed by atoms with Gasteiger partial charge in [-0.25, -0.2) is 0 Å². The molecule has 2 rings (SSSR count). The Kier molecular flexibility index (Phi) is 4.88. The summed E-state index contributed by atoms with van der Waals surface area (Å²) in [5.74, 6) is 3.61. The molecule has 1 aliphatic heterocycles. The van der Waals surface area contributed by atoms with Crippen LogP contribution < -0.4 is 9.80 Å². The van der Waals surface area contributed by atoms with E-state index in [1.165, 1.54) is 0 Å². The summed E-state index contributed by atoms with van der Waals surface area (Å²) < 4.78 is 0. The molecule has 1 aromatic rings. The van der Waals surface area contributed by atoms with Crippen molar-refractivity contribution in [2.24, 2.45) is 0 Å². The third kappa shape index (κ3) is 3.17. The van der Waals surface area contributed by atoms with Gasteiger partial charge >= 0.3 is 0 Å². The van der Waals surface area contributed by atoms with Crippen molar-refractivity contribution in [2.45, 2.75) is 13.8 Å². The van der Waals surface area contributed by atoms with E-state index in [0.29, 0.717) is 11.9 Å². The number of halogens is 1. The highest BCUT2D eigenvalue weighted by atomic mass is 35.5. The zero-order valence-electron chi connectivity index (χ0n) is 10.8. The maximum absolute atomic E-state index is 6.01. The molecule has 5 nitrogen and oxygen atoms in total. The summed E-state index contributed by atoms with van der Waals surface area (Å²) in [4.78, 5) is 17.2. The predicted octanol–water partition coefficient (Wildman–Crippen LogP) is 1.92. The molecule has 0 unspecified atom stereocenters. The topological polar surface area (TPSA) is 45.2 Å². The van der Waals surface area contributed by atoms with Gasteiger partial charge in [-0.15, -0.1) is 0 Å². The number of hydrogen-bond acceptors (Lipinski definition) is 6. The number of thioether (sulfide) groups is 1. The molecule has 2 heterocycles. The van der Waals surface area contributed by atoms with E-state index in [0.717, 1.165) is 37.7 Å². The van der Waals surface area contributed by atoms with E-state index in [9.17, 15) is 0 Å². The van der Waals surface area contributed by atoms with Crippen molar-refractivity contribution in [1.29, 1.82) is 0 Å². The molecule has 0 aromatic carbocycles. The standard InChI is InChI=1S/C11H18ClN5S/c1-3-16(4-2)10-13-9(12)14-11(15-10)17-5-7-18-8-6-17/h3-8H2,1-2H3. The normalized spacial score (nSPS) is 15.8. The second kappa shape index (κ2) is 6.43. The Morgan fingerprint density at radius 1 is 1.17 bits per heavy atom. The fourth-order valence-corrected chi connectivity index (χ4v) is 2.94. The summed E-state index contributed by atoms with van der Waals surface area (Å²) in [6.45, 7) is 7.85. The molecule has 1 fully saturated rings. The molecule has 0 spiro atoms. The molecule has 1 aliphatic rings. The summed E-state index contributed by atoms with van der Waals surface area (Å²) in [5.41, 5.74) is 0. The van der Waals surface area contributed by atoms with E-state index in [4.69, 9.17) is 11.6 Å². The molecular weight excluding hydrogens is 270 g/mol. The van der Waals surface area contributed by atoms with Crippen LogP contribution in [0.3, 0.4) is 0 Å². The quantitative estimate of drug-likeness (QED) is 0.843. The Hall–Kier alpha value is -0.750. The van der Waals surface area contributed by atoms with Crippen LogP contribution in [0.4, 0.5) is 11.9 Å². The van der Waals surface area contributed by atoms with Gasteiger partial charge in [0.15, 0.2) is 0 Å². The summed E-state index contributed by atoms with van der Waals surface area (Å²) in [5, 5.41) is 0.278. The van der Waals surface area contributed by atoms with Crippen molar-refractivity contribution < 1.29 is 0 Å². The van der Waals surface area contributed by atoms with Gasteiger partial charge < -0.3 is 9.80 Å². The molecular formula is C11H18ClN5S. The molecule has 0 aliphatic carbocycles. The Morgan fingerprint density at radius 2 is 1.83 bits per heavy atom. The van der Waals surface area contributed by atoms with E-state index >= 15 is 0 Å². The lowest BCUT2D eigenvalue weighted by atomic mass is 10.5. The molecule has 100 valence electrons. The van der Waals surface area contributed by atoms with Gasteiger partial charge in [0.05, 0.1) is 0 Å². The van der Waals surface area contributed by atoms with Crippen LogP contribution in [0.2, 0.25) is 5.28 Å². The molecule has 0 atom stereocenters. The molecule has 0 saturated carbocycles. The van der Waals surface area contributed by atoms with Crippen LogP contribution in [0.25, 0.3) is 0 Å². The van der Waals surface area contributed by atoms with Gasteiger partial charge in [0, 0.05) is 37.7 Å². The minimum Gasteiger partial charge on any atom is -0.341 e. The first-order valence-corrected chi connectivity index (χ1v) is 7.77. The molecule has 0 amide bonds. The summed E-state index contributed by atoms with van der Waals surface area (Å²) in [7, 11) is 0. The lowest BCUT2D eigenvalue weighted by molar-refractivity contribution is 0.774. The second-order valence-electron chi connectivity index (χ2n) is 3.98. The minimum absolute atomic E-state index is 0.278. The third-order valence-electron chi connectivity index (χ3n) is 2.92. The van der Waals surface area contributed by atoms with Crippen molar-refractivity contribution in [2.75, 3.05) is 47.5 Å². The first kappa shape index (κ1) is 13.7. The maximum atomic E-state index is 6.01. The number of aromatic nitrogens is 3. The Morgan fingerprint density at radius 3 is 2.44 bits per heavy atom. The maximum Gasteiger partial charge on any atom is 0.231 e. The Balaban J connectivity index is 2.24. The van der Waals surface area contributed by atoms with Crippen LogP contribution in [0.5, 0.6) is 0 Å². The van der Waals surface area contributed by atoms with Crippen molar-refractivity contribution >= 4 is 35.3 Å². The summed E-state index contributed by atoms with van der Waals surface area (Å²) in [6, 6.07) is 0. The zero-order chi connectivity index (χ0) is 13.0. The smallest absolute Gasteiger partial charge is 0.231 e. The van der Waals surface area contributed by atoms with Gasteiger partial charge in [0.1, 0.15) is 0 Å². The van der Waals surface area contributed by atoms with Crippen LogP contribution in [0.15, 0.2) is 0 Å². The van der Waals surface area contributed by atoms with Gasteiger partial charge in [-0.1, -0.05) is 0 Å². The third-order valence-corrected chi connectivity index (χ3v) is 4.04. The second-order valence-corrected chi connectivity index (χ2v) is 5.54. The SMILES string of the molecule is CCN(CC)c1nc(Cl)nc(N2CCSCC2)n1. The van der Waals surface area contributed by atoms with Crippen LogP contribution in [-0.2, 0) is 0 Å². The first-order chi connectivity index (χ1) is 8.74. The Labute approximate surface area is 117 Å². The summed E-state index contributed by atoms with van der Waals surface area (Å²) in [6.07, 6.45) is 0. The molecule has 18 heavy (non-hydrogen) atoms. The van der Waals surface area contributed by atoms with E-state index < -0.39 is 0 Å². The number of hydrogen-bond donors (Lipinski definition) is 0. The van der Waals surface area contributed by atoms with Gasteiger partial charge in [-0.2, -0.15) is 26.7 Å². The lowest BCUT2D eigenvalue weighted by Crippen LogP contribution is -2.34. The highest BCUT2D eigenvalue weighted by Crippen LogP contribution is 2.19. The minimum atomic E-state index is 0.278. The fourth-order valence-electron chi connectivity index (χ4n) is 1.88. The van der Waals surface area contributed by atoms with Crippen molar-refractivity contribution in [1.82, 2.24) is 15.0 Å². The first-order valence-electron chi connectivity index (χ1n) is 6.23. The van der Waals surface area contributed by atoms with Crippen LogP contribution >= 0.6 is 23.4 Å². The van der Waals surface area contributed by atoms with Gasteiger partial charge in [0.25, 0.3) is 0 Å². The molecule has 1 aromatic heterocycles. The van der Waals surface area contributed by atoms with Crippen molar-refractivity contribution in [3.8, 4) is 0 Å². The number of anilines is 2. The van der Waals surface area contributed by atoms with E-state index in [1.54, 1.807) is 0 Å².